The Morgan fingerprint density at radius 2 is 2.13 bits per heavy atom. The van der Waals surface area contributed by atoms with Gasteiger partial charge in [-0.25, -0.2) is 0 Å². The predicted molar refractivity (Wildman–Crippen MR) is 66.0 cm³/mol. The lowest BCUT2D eigenvalue weighted by Gasteiger charge is -2.24. The minimum atomic E-state index is 0.0888. The molecular weight excluding hydrogens is 206 g/mol. The van der Waals surface area contributed by atoms with Gasteiger partial charge in [-0.2, -0.15) is 0 Å². The van der Waals surface area contributed by atoms with E-state index in [1.54, 1.807) is 0 Å². The van der Waals surface area contributed by atoms with Gasteiger partial charge in [0.05, 0.1) is 0 Å². The van der Waals surface area contributed by atoms with E-state index in [1.165, 1.54) is 16.7 Å². The molecule has 1 aromatic rings. The molecule has 0 aliphatic heterocycles. The van der Waals surface area contributed by atoms with Crippen molar-refractivity contribution in [3.05, 3.63) is 39.9 Å². The summed E-state index contributed by atoms with van der Waals surface area (Å²) in [6, 6.07) is 6.07. The molecule has 0 heterocycles. The second-order valence-electron chi connectivity index (χ2n) is 4.78. The molecule has 0 bridgehead atoms. The molecule has 1 aliphatic carbocycles. The van der Waals surface area contributed by atoms with Gasteiger partial charge in [-0.15, -0.1) is 0 Å². The van der Waals surface area contributed by atoms with Crippen LogP contribution in [-0.2, 0) is 6.42 Å². The van der Waals surface area contributed by atoms with Gasteiger partial charge >= 0.3 is 0 Å². The van der Waals surface area contributed by atoms with Crippen molar-refractivity contribution in [3.8, 4) is 0 Å². The Morgan fingerprint density at radius 3 is 2.80 bits per heavy atom. The maximum Gasteiger partial charge on any atom is 0.0409 e. The first kappa shape index (κ1) is 10.7. The number of benzene rings is 1. The van der Waals surface area contributed by atoms with Crippen LogP contribution in [0.15, 0.2) is 23.8 Å². The maximum atomic E-state index is 5.97. The van der Waals surface area contributed by atoms with Gasteiger partial charge < -0.3 is 5.73 Å². The van der Waals surface area contributed by atoms with Crippen molar-refractivity contribution in [2.45, 2.75) is 20.3 Å². The van der Waals surface area contributed by atoms with Crippen LogP contribution < -0.4 is 5.73 Å². The lowest BCUT2D eigenvalue weighted by atomic mass is 9.83. The van der Waals surface area contributed by atoms with E-state index < -0.39 is 0 Å². The Balaban J connectivity index is 2.33. The Hall–Kier alpha value is -0.790. The fourth-order valence-electron chi connectivity index (χ4n) is 1.88. The topological polar surface area (TPSA) is 26.0 Å². The largest absolute Gasteiger partial charge is 0.330 e. The fourth-order valence-corrected chi connectivity index (χ4v) is 2.07. The van der Waals surface area contributed by atoms with Crippen molar-refractivity contribution in [1.29, 1.82) is 0 Å². The summed E-state index contributed by atoms with van der Waals surface area (Å²) in [6.07, 6.45) is 3.23. The van der Waals surface area contributed by atoms with E-state index in [9.17, 15) is 0 Å². The number of rotatable bonds is 2. The Bertz CT molecular complexity index is 419. The third kappa shape index (κ3) is 1.95. The smallest absolute Gasteiger partial charge is 0.0409 e. The summed E-state index contributed by atoms with van der Waals surface area (Å²) in [5, 5.41) is 0.814. The Kier molecular flexibility index (Phi) is 2.61. The Morgan fingerprint density at radius 1 is 1.40 bits per heavy atom. The molecule has 0 atom stereocenters. The summed E-state index contributed by atoms with van der Waals surface area (Å²) in [6.45, 7) is 5.05. The van der Waals surface area contributed by atoms with Gasteiger partial charge in [-0.05, 0) is 35.1 Å². The van der Waals surface area contributed by atoms with Crippen LogP contribution >= 0.6 is 11.6 Å². The van der Waals surface area contributed by atoms with Gasteiger partial charge in [0.25, 0.3) is 0 Å². The average Bonchev–Trinajstić information content (AvgIpc) is 2.61. The number of hydrogen-bond acceptors (Lipinski definition) is 1. The van der Waals surface area contributed by atoms with E-state index in [0.29, 0.717) is 6.54 Å². The Labute approximate surface area is 95.9 Å². The highest BCUT2D eigenvalue weighted by atomic mass is 35.5. The molecule has 0 aromatic heterocycles. The molecule has 1 aliphatic rings. The lowest BCUT2D eigenvalue weighted by Crippen LogP contribution is -2.25. The van der Waals surface area contributed by atoms with Crippen molar-refractivity contribution in [2.24, 2.45) is 11.1 Å². The second kappa shape index (κ2) is 3.66. The summed E-state index contributed by atoms with van der Waals surface area (Å²) < 4.78 is 0. The molecule has 1 nitrogen and oxygen atoms in total. The van der Waals surface area contributed by atoms with Gasteiger partial charge in [0.1, 0.15) is 0 Å². The fraction of sp³-hybridized carbons (Fsp3) is 0.385. The lowest BCUT2D eigenvalue weighted by molar-refractivity contribution is 0.456. The molecule has 0 spiro atoms. The number of nitrogens with two attached hydrogens (primary N) is 1. The third-order valence-corrected chi connectivity index (χ3v) is 3.43. The number of fused-ring (bicyclic) bond motifs is 1. The first-order valence-corrected chi connectivity index (χ1v) is 5.60. The summed E-state index contributed by atoms with van der Waals surface area (Å²) >= 11 is 5.97. The van der Waals surface area contributed by atoms with Crippen molar-refractivity contribution < 1.29 is 0 Å². The minimum absolute atomic E-state index is 0.0888. The highest BCUT2D eigenvalue weighted by Gasteiger charge is 2.25. The quantitative estimate of drug-likeness (QED) is 0.815. The molecule has 0 fully saturated rings. The van der Waals surface area contributed by atoms with Gasteiger partial charge in [-0.3, -0.25) is 0 Å². The molecule has 0 radical (unpaired) electrons. The summed E-state index contributed by atoms with van der Waals surface area (Å²) in [7, 11) is 0. The average molecular weight is 222 g/mol. The highest BCUT2D eigenvalue weighted by molar-refractivity contribution is 6.30. The van der Waals surface area contributed by atoms with E-state index in [0.717, 1.165) is 11.4 Å². The van der Waals surface area contributed by atoms with E-state index in [1.807, 2.05) is 12.1 Å². The molecule has 2 N–H and O–H groups in total. The van der Waals surface area contributed by atoms with Crippen LogP contribution in [0.5, 0.6) is 0 Å². The van der Waals surface area contributed by atoms with Crippen LogP contribution in [0.25, 0.3) is 6.08 Å². The van der Waals surface area contributed by atoms with E-state index in [-0.39, 0.29) is 5.41 Å². The van der Waals surface area contributed by atoms with Gasteiger partial charge in [0.2, 0.25) is 0 Å². The summed E-state index contributed by atoms with van der Waals surface area (Å²) in [4.78, 5) is 0. The third-order valence-electron chi connectivity index (χ3n) is 3.20. The maximum absolute atomic E-state index is 5.97. The van der Waals surface area contributed by atoms with Gasteiger partial charge in [0.15, 0.2) is 0 Å². The first-order chi connectivity index (χ1) is 7.03. The molecule has 2 rings (SSSR count). The molecule has 0 unspecified atom stereocenters. The monoisotopic (exact) mass is 221 g/mol. The van der Waals surface area contributed by atoms with Crippen LogP contribution in [0.2, 0.25) is 5.02 Å². The predicted octanol–water partition coefficient (Wildman–Crippen LogP) is 3.26. The minimum Gasteiger partial charge on any atom is -0.330 e. The zero-order valence-corrected chi connectivity index (χ0v) is 9.93. The second-order valence-corrected chi connectivity index (χ2v) is 5.21. The summed E-state index contributed by atoms with van der Waals surface area (Å²) in [5.41, 5.74) is 9.88. The standard InChI is InChI=1S/C13H16ClN/c1-13(2,8-15)11-5-9-3-4-12(14)7-10(9)6-11/h3-5,7H,6,8,15H2,1-2H3. The molecule has 15 heavy (non-hydrogen) atoms. The molecule has 0 saturated heterocycles. The van der Waals surface area contributed by atoms with Crippen LogP contribution in [0.3, 0.4) is 0 Å². The van der Waals surface area contributed by atoms with E-state index >= 15 is 0 Å². The molecule has 1 aromatic carbocycles. The molecular formula is C13H16ClN. The highest BCUT2D eigenvalue weighted by Crippen LogP contribution is 2.36. The van der Waals surface area contributed by atoms with Crippen molar-refractivity contribution in [1.82, 2.24) is 0 Å². The van der Waals surface area contributed by atoms with Crippen LogP contribution in [-0.4, -0.2) is 6.54 Å². The molecule has 80 valence electrons. The number of hydrogen-bond donors (Lipinski definition) is 1. The van der Waals surface area contributed by atoms with Crippen LogP contribution in [0.1, 0.15) is 25.0 Å². The zero-order valence-electron chi connectivity index (χ0n) is 9.18. The zero-order chi connectivity index (χ0) is 11.1. The van der Waals surface area contributed by atoms with Gasteiger partial charge in [0, 0.05) is 11.6 Å². The van der Waals surface area contributed by atoms with Crippen molar-refractivity contribution in [3.63, 3.8) is 0 Å². The van der Waals surface area contributed by atoms with Crippen molar-refractivity contribution >= 4 is 17.7 Å². The molecule has 0 saturated carbocycles. The van der Waals surface area contributed by atoms with Crippen molar-refractivity contribution in [2.75, 3.05) is 6.54 Å². The number of halogens is 1. The molecule has 0 amide bonds. The SMILES string of the molecule is CC(C)(CN)C1=Cc2ccc(Cl)cc2C1. The normalized spacial score (nSPS) is 15.1. The molecule has 2 heteroatoms. The van der Waals surface area contributed by atoms with E-state index in [2.05, 4.69) is 26.0 Å². The van der Waals surface area contributed by atoms with Crippen LogP contribution in [0.4, 0.5) is 0 Å². The van der Waals surface area contributed by atoms with Gasteiger partial charge in [-0.1, -0.05) is 43.2 Å². The van der Waals surface area contributed by atoms with Crippen LogP contribution in [0, 0.1) is 5.41 Å². The first-order valence-electron chi connectivity index (χ1n) is 5.22. The van der Waals surface area contributed by atoms with E-state index in [4.69, 9.17) is 17.3 Å². The summed E-state index contributed by atoms with van der Waals surface area (Å²) in [5.74, 6) is 0.